The van der Waals surface area contributed by atoms with Gasteiger partial charge in [0.2, 0.25) is 0 Å². The lowest BCUT2D eigenvalue weighted by Gasteiger charge is -2.39. The molecule has 1 aliphatic heterocycles. The van der Waals surface area contributed by atoms with Crippen LogP contribution in [0.1, 0.15) is 6.42 Å². The summed E-state index contributed by atoms with van der Waals surface area (Å²) in [6.07, 6.45) is -4.44. The van der Waals surface area contributed by atoms with Crippen LogP contribution >= 0.6 is 0 Å². The number of esters is 1. The zero-order valence-corrected chi connectivity index (χ0v) is 8.16. The smallest absolute Gasteiger partial charge is 0.366 e. The number of hydrogen-bond donors (Lipinski definition) is 4. The van der Waals surface area contributed by atoms with Crippen molar-refractivity contribution in [3.8, 4) is 0 Å². The van der Waals surface area contributed by atoms with Crippen molar-refractivity contribution < 1.29 is 34.7 Å². The van der Waals surface area contributed by atoms with Gasteiger partial charge >= 0.3 is 5.97 Å². The average molecular weight is 222 g/mol. The molecule has 0 saturated carbocycles. The van der Waals surface area contributed by atoms with Gasteiger partial charge in [-0.3, -0.25) is 0 Å². The molecule has 0 amide bonds. The highest BCUT2D eigenvalue weighted by molar-refractivity contribution is 5.77. The first-order chi connectivity index (χ1) is 6.94. The Kier molecular flexibility index (Phi) is 3.63. The number of methoxy groups -OCH3 is 1. The molecular weight excluding hydrogens is 208 g/mol. The number of aliphatic hydroxyl groups excluding tert-OH is 3. The standard InChI is InChI=1S/C8H14O7/c1-14-7(12)8(13)2-4(10)6(11)5(3-9)15-8/h4-6,9-11,13H,2-3H2,1H3/t4-,5-,6-,8-/m1/s1. The lowest BCUT2D eigenvalue weighted by atomic mass is 9.96. The Hall–Kier alpha value is -0.730. The van der Waals surface area contributed by atoms with E-state index in [2.05, 4.69) is 4.74 Å². The predicted octanol–water partition coefficient (Wildman–Crippen LogP) is -2.65. The summed E-state index contributed by atoms with van der Waals surface area (Å²) in [6.45, 7) is -0.627. The Morgan fingerprint density at radius 2 is 2.20 bits per heavy atom. The van der Waals surface area contributed by atoms with Crippen LogP contribution in [0.25, 0.3) is 0 Å². The first-order valence-corrected chi connectivity index (χ1v) is 4.40. The van der Waals surface area contributed by atoms with Gasteiger partial charge in [0, 0.05) is 6.42 Å². The number of carbonyl (C=O) groups is 1. The Morgan fingerprint density at radius 3 is 2.67 bits per heavy atom. The average Bonchev–Trinajstić information content (AvgIpc) is 2.22. The molecular formula is C8H14O7. The molecule has 1 aliphatic rings. The Balaban J connectivity index is 2.82. The number of carbonyl (C=O) groups excluding carboxylic acids is 1. The van der Waals surface area contributed by atoms with Crippen LogP contribution in [0.4, 0.5) is 0 Å². The third-order valence-electron chi connectivity index (χ3n) is 2.29. The second kappa shape index (κ2) is 4.42. The number of hydrogen-bond acceptors (Lipinski definition) is 7. The normalized spacial score (nSPS) is 41.3. The van der Waals surface area contributed by atoms with Crippen molar-refractivity contribution in [1.29, 1.82) is 0 Å². The highest BCUT2D eigenvalue weighted by atomic mass is 16.7. The summed E-state index contributed by atoms with van der Waals surface area (Å²) in [6, 6.07) is 0. The lowest BCUT2D eigenvalue weighted by molar-refractivity contribution is -0.299. The van der Waals surface area contributed by atoms with Crippen LogP contribution in [0.5, 0.6) is 0 Å². The summed E-state index contributed by atoms with van der Waals surface area (Å²) in [4.78, 5) is 11.1. The van der Waals surface area contributed by atoms with E-state index in [9.17, 15) is 20.1 Å². The van der Waals surface area contributed by atoms with Crippen molar-refractivity contribution in [3.63, 3.8) is 0 Å². The van der Waals surface area contributed by atoms with E-state index in [1.54, 1.807) is 0 Å². The largest absolute Gasteiger partial charge is 0.465 e. The van der Waals surface area contributed by atoms with E-state index in [0.29, 0.717) is 0 Å². The Morgan fingerprint density at radius 1 is 1.60 bits per heavy atom. The van der Waals surface area contributed by atoms with Gasteiger partial charge < -0.3 is 29.9 Å². The third kappa shape index (κ3) is 2.27. The van der Waals surface area contributed by atoms with Crippen LogP contribution in [-0.2, 0) is 14.3 Å². The van der Waals surface area contributed by atoms with Gasteiger partial charge in [-0.15, -0.1) is 0 Å². The van der Waals surface area contributed by atoms with Gasteiger partial charge in [-0.25, -0.2) is 4.79 Å². The van der Waals surface area contributed by atoms with Crippen LogP contribution in [0, 0.1) is 0 Å². The van der Waals surface area contributed by atoms with Gasteiger partial charge in [-0.05, 0) is 0 Å². The van der Waals surface area contributed by atoms with Gasteiger partial charge in [0.15, 0.2) is 0 Å². The maximum atomic E-state index is 11.1. The van der Waals surface area contributed by atoms with E-state index in [1.807, 2.05) is 0 Å². The second-order valence-corrected chi connectivity index (χ2v) is 3.38. The molecule has 1 rings (SSSR count). The monoisotopic (exact) mass is 222 g/mol. The van der Waals surface area contributed by atoms with Gasteiger partial charge in [0.25, 0.3) is 5.79 Å². The quantitative estimate of drug-likeness (QED) is 0.377. The molecule has 0 bridgehead atoms. The van der Waals surface area contributed by atoms with Crippen LogP contribution in [0.15, 0.2) is 0 Å². The molecule has 1 saturated heterocycles. The van der Waals surface area contributed by atoms with Gasteiger partial charge in [0.1, 0.15) is 12.2 Å². The highest BCUT2D eigenvalue weighted by Gasteiger charge is 2.50. The summed E-state index contributed by atoms with van der Waals surface area (Å²) < 4.78 is 9.06. The fraction of sp³-hybridized carbons (Fsp3) is 0.875. The Bertz CT molecular complexity index is 243. The van der Waals surface area contributed by atoms with Gasteiger partial charge in [-0.1, -0.05) is 0 Å². The first kappa shape index (κ1) is 12.3. The molecule has 0 unspecified atom stereocenters. The van der Waals surface area contributed by atoms with Crippen molar-refractivity contribution in [1.82, 2.24) is 0 Å². The maximum Gasteiger partial charge on any atom is 0.366 e. The third-order valence-corrected chi connectivity index (χ3v) is 2.29. The second-order valence-electron chi connectivity index (χ2n) is 3.38. The molecule has 7 heteroatoms. The predicted molar refractivity (Wildman–Crippen MR) is 45.6 cm³/mol. The minimum atomic E-state index is -2.32. The van der Waals surface area contributed by atoms with Crippen molar-refractivity contribution in [2.45, 2.75) is 30.5 Å². The molecule has 1 fully saturated rings. The van der Waals surface area contributed by atoms with Crippen LogP contribution in [0.3, 0.4) is 0 Å². The summed E-state index contributed by atoms with van der Waals surface area (Å²) in [5.74, 6) is -3.40. The van der Waals surface area contributed by atoms with Gasteiger partial charge in [0.05, 0.1) is 19.8 Å². The fourth-order valence-electron chi connectivity index (χ4n) is 1.46. The van der Waals surface area contributed by atoms with Crippen molar-refractivity contribution in [3.05, 3.63) is 0 Å². The summed E-state index contributed by atoms with van der Waals surface area (Å²) in [7, 11) is 1.05. The molecule has 4 N–H and O–H groups in total. The van der Waals surface area contributed by atoms with Crippen LogP contribution < -0.4 is 0 Å². The molecule has 7 nitrogen and oxygen atoms in total. The molecule has 1 heterocycles. The minimum absolute atomic E-state index is 0.503. The molecule has 0 aromatic carbocycles. The molecule has 0 aromatic heterocycles. The zero-order valence-electron chi connectivity index (χ0n) is 8.16. The maximum absolute atomic E-state index is 11.1. The van der Waals surface area contributed by atoms with Crippen molar-refractivity contribution in [2.75, 3.05) is 13.7 Å². The van der Waals surface area contributed by atoms with E-state index in [0.717, 1.165) is 7.11 Å². The van der Waals surface area contributed by atoms with E-state index in [-0.39, 0.29) is 0 Å². The number of ether oxygens (including phenoxy) is 2. The topological polar surface area (TPSA) is 116 Å². The molecule has 0 aliphatic carbocycles. The van der Waals surface area contributed by atoms with E-state index < -0.39 is 43.1 Å². The molecule has 0 spiro atoms. The highest BCUT2D eigenvalue weighted by Crippen LogP contribution is 2.28. The molecule has 88 valence electrons. The molecule has 0 radical (unpaired) electrons. The zero-order chi connectivity index (χ0) is 11.6. The summed E-state index contributed by atoms with van der Waals surface area (Å²) in [5.41, 5.74) is 0. The number of rotatable bonds is 2. The van der Waals surface area contributed by atoms with E-state index in [4.69, 9.17) is 9.84 Å². The van der Waals surface area contributed by atoms with Crippen LogP contribution in [-0.4, -0.2) is 64.2 Å². The van der Waals surface area contributed by atoms with E-state index in [1.165, 1.54) is 0 Å². The fourth-order valence-corrected chi connectivity index (χ4v) is 1.46. The minimum Gasteiger partial charge on any atom is -0.465 e. The van der Waals surface area contributed by atoms with Crippen molar-refractivity contribution >= 4 is 5.97 Å². The SMILES string of the molecule is COC(=O)[C@@]1(O)C[C@@H](O)[C@@H](O)[C@@H](CO)O1. The molecule has 0 aromatic rings. The summed E-state index contributed by atoms with van der Waals surface area (Å²) >= 11 is 0. The molecule has 15 heavy (non-hydrogen) atoms. The Labute approximate surface area is 85.9 Å². The number of aliphatic hydroxyl groups is 4. The summed E-state index contributed by atoms with van der Waals surface area (Å²) in [5, 5.41) is 37.1. The first-order valence-electron chi connectivity index (χ1n) is 4.40. The van der Waals surface area contributed by atoms with Crippen molar-refractivity contribution in [2.24, 2.45) is 0 Å². The van der Waals surface area contributed by atoms with E-state index >= 15 is 0 Å². The van der Waals surface area contributed by atoms with Gasteiger partial charge in [-0.2, -0.15) is 0 Å². The molecule has 4 atom stereocenters. The van der Waals surface area contributed by atoms with Crippen LogP contribution in [0.2, 0.25) is 0 Å². The lowest BCUT2D eigenvalue weighted by Crippen LogP contribution is -2.59.